The highest BCUT2D eigenvalue weighted by Gasteiger charge is 2.11. The van der Waals surface area contributed by atoms with Gasteiger partial charge in [-0.25, -0.2) is 5.43 Å². The number of aryl methyl sites for hydroxylation is 2. The lowest BCUT2D eigenvalue weighted by molar-refractivity contribution is -0.126. The third-order valence-corrected chi connectivity index (χ3v) is 4.26. The van der Waals surface area contributed by atoms with Crippen molar-refractivity contribution >= 4 is 39.6 Å². The summed E-state index contributed by atoms with van der Waals surface area (Å²) in [4.78, 5) is 23.8. The van der Waals surface area contributed by atoms with Crippen molar-refractivity contribution in [1.29, 1.82) is 0 Å². The molecule has 142 valence electrons. The minimum absolute atomic E-state index is 0.0262. The number of phenolic OH excluding ortho intramolecular Hbond substituents is 1. The maximum atomic E-state index is 12.0. The molecule has 8 heteroatoms. The van der Waals surface area contributed by atoms with E-state index in [1.165, 1.54) is 13.3 Å². The van der Waals surface area contributed by atoms with Crippen molar-refractivity contribution in [2.24, 2.45) is 5.10 Å². The molecule has 0 aliphatic rings. The fourth-order valence-corrected chi connectivity index (χ4v) is 2.80. The summed E-state index contributed by atoms with van der Waals surface area (Å²) in [7, 11) is 1.43. The van der Waals surface area contributed by atoms with E-state index in [0.29, 0.717) is 15.7 Å². The standard InChI is InChI=1S/C19H20BrN3O4/c1-11-4-5-15(12(2)6-11)22-17(24)9-18(25)23-21-10-13-7-14(20)19(26)16(8-13)27-3/h4-8,10,26H,9H2,1-3H3,(H,22,24)(H,23,25). The Bertz CT molecular complexity index is 897. The maximum Gasteiger partial charge on any atom is 0.249 e. The fourth-order valence-electron chi connectivity index (χ4n) is 2.34. The van der Waals surface area contributed by atoms with Crippen molar-refractivity contribution in [3.8, 4) is 11.5 Å². The number of hydrazone groups is 1. The molecule has 0 unspecified atom stereocenters. The van der Waals surface area contributed by atoms with Crippen LogP contribution >= 0.6 is 15.9 Å². The van der Waals surface area contributed by atoms with Crippen LogP contribution in [0.2, 0.25) is 0 Å². The van der Waals surface area contributed by atoms with Crippen LogP contribution in [0.4, 0.5) is 5.69 Å². The van der Waals surface area contributed by atoms with Gasteiger partial charge in [0, 0.05) is 5.69 Å². The Labute approximate surface area is 165 Å². The molecule has 27 heavy (non-hydrogen) atoms. The number of anilines is 1. The van der Waals surface area contributed by atoms with E-state index in [0.717, 1.165) is 11.1 Å². The van der Waals surface area contributed by atoms with Gasteiger partial charge in [0.25, 0.3) is 0 Å². The lowest BCUT2D eigenvalue weighted by atomic mass is 10.1. The maximum absolute atomic E-state index is 12.0. The zero-order valence-corrected chi connectivity index (χ0v) is 16.8. The first-order valence-corrected chi connectivity index (χ1v) is 8.85. The zero-order valence-electron chi connectivity index (χ0n) is 15.2. The molecular weight excluding hydrogens is 414 g/mol. The molecular formula is C19H20BrN3O4. The topological polar surface area (TPSA) is 100 Å². The molecule has 0 aliphatic heterocycles. The lowest BCUT2D eigenvalue weighted by Gasteiger charge is -2.08. The Morgan fingerprint density at radius 3 is 2.63 bits per heavy atom. The highest BCUT2D eigenvalue weighted by atomic mass is 79.9. The second kappa shape index (κ2) is 9.18. The highest BCUT2D eigenvalue weighted by Crippen LogP contribution is 2.34. The van der Waals surface area contributed by atoms with Gasteiger partial charge in [-0.2, -0.15) is 5.10 Å². The molecule has 2 amide bonds. The van der Waals surface area contributed by atoms with Gasteiger partial charge in [0.05, 0.1) is 17.8 Å². The number of ether oxygens (including phenoxy) is 1. The van der Waals surface area contributed by atoms with Crippen LogP contribution in [-0.2, 0) is 9.59 Å². The number of phenols is 1. The van der Waals surface area contributed by atoms with E-state index in [2.05, 4.69) is 31.8 Å². The fraction of sp³-hybridized carbons (Fsp3) is 0.211. The first kappa shape index (κ1) is 20.4. The van der Waals surface area contributed by atoms with Crippen LogP contribution in [-0.4, -0.2) is 30.2 Å². The number of hydrogen-bond donors (Lipinski definition) is 3. The normalized spacial score (nSPS) is 10.7. The van der Waals surface area contributed by atoms with Gasteiger partial charge in [-0.3, -0.25) is 9.59 Å². The molecule has 7 nitrogen and oxygen atoms in total. The number of hydrogen-bond acceptors (Lipinski definition) is 5. The van der Waals surface area contributed by atoms with Crippen molar-refractivity contribution in [1.82, 2.24) is 5.43 Å². The van der Waals surface area contributed by atoms with E-state index in [1.54, 1.807) is 18.2 Å². The summed E-state index contributed by atoms with van der Waals surface area (Å²) >= 11 is 3.20. The average molecular weight is 434 g/mol. The van der Waals surface area contributed by atoms with Crippen molar-refractivity contribution in [3.05, 3.63) is 51.5 Å². The third kappa shape index (κ3) is 5.82. The van der Waals surface area contributed by atoms with Gasteiger partial charge >= 0.3 is 0 Å². The van der Waals surface area contributed by atoms with Crippen LogP contribution in [0.15, 0.2) is 39.9 Å². The Morgan fingerprint density at radius 2 is 1.96 bits per heavy atom. The van der Waals surface area contributed by atoms with Gasteiger partial charge in [0.1, 0.15) is 6.42 Å². The molecule has 0 spiro atoms. The zero-order chi connectivity index (χ0) is 20.0. The van der Waals surface area contributed by atoms with E-state index in [9.17, 15) is 14.7 Å². The summed E-state index contributed by atoms with van der Waals surface area (Å²) in [6, 6.07) is 8.80. The first-order chi connectivity index (χ1) is 12.8. The number of methoxy groups -OCH3 is 1. The summed E-state index contributed by atoms with van der Waals surface area (Å²) in [6.07, 6.45) is 1.03. The number of carbonyl (C=O) groups is 2. The van der Waals surface area contributed by atoms with E-state index < -0.39 is 11.8 Å². The van der Waals surface area contributed by atoms with Crippen LogP contribution < -0.4 is 15.5 Å². The monoisotopic (exact) mass is 433 g/mol. The molecule has 2 aromatic carbocycles. The third-order valence-electron chi connectivity index (χ3n) is 3.65. The number of rotatable bonds is 6. The second-order valence-electron chi connectivity index (χ2n) is 5.89. The summed E-state index contributed by atoms with van der Waals surface area (Å²) in [6.45, 7) is 3.85. The molecule has 0 saturated heterocycles. The largest absolute Gasteiger partial charge is 0.503 e. The quantitative estimate of drug-likeness (QED) is 0.369. The van der Waals surface area contributed by atoms with Crippen LogP contribution in [0.3, 0.4) is 0 Å². The first-order valence-electron chi connectivity index (χ1n) is 8.05. The van der Waals surface area contributed by atoms with E-state index in [-0.39, 0.29) is 17.9 Å². The molecule has 0 radical (unpaired) electrons. The Balaban J connectivity index is 1.91. The second-order valence-corrected chi connectivity index (χ2v) is 6.74. The van der Waals surface area contributed by atoms with Crippen molar-refractivity contribution < 1.29 is 19.4 Å². The molecule has 0 bridgehead atoms. The van der Waals surface area contributed by atoms with Gasteiger partial charge in [0.2, 0.25) is 11.8 Å². The number of nitrogens with zero attached hydrogens (tertiary/aromatic N) is 1. The van der Waals surface area contributed by atoms with Crippen molar-refractivity contribution in [3.63, 3.8) is 0 Å². The highest BCUT2D eigenvalue weighted by molar-refractivity contribution is 9.10. The molecule has 2 aromatic rings. The summed E-state index contributed by atoms with van der Waals surface area (Å²) in [5.74, 6) is -0.728. The van der Waals surface area contributed by atoms with Crippen LogP contribution in [0, 0.1) is 13.8 Å². The number of nitrogens with one attached hydrogen (secondary N) is 2. The summed E-state index contributed by atoms with van der Waals surface area (Å²) in [5.41, 5.74) is 5.57. The summed E-state index contributed by atoms with van der Waals surface area (Å²) in [5, 5.41) is 16.3. The molecule has 0 aliphatic carbocycles. The predicted octanol–water partition coefficient (Wildman–Crippen LogP) is 3.26. The Kier molecular flexibility index (Phi) is 6.95. The SMILES string of the molecule is COc1cc(C=NNC(=O)CC(=O)Nc2ccc(C)cc2C)cc(Br)c1O. The number of carbonyl (C=O) groups excluding carboxylic acids is 2. The smallest absolute Gasteiger partial charge is 0.249 e. The van der Waals surface area contributed by atoms with Gasteiger partial charge in [-0.1, -0.05) is 17.7 Å². The van der Waals surface area contributed by atoms with Crippen LogP contribution in [0.5, 0.6) is 11.5 Å². The van der Waals surface area contributed by atoms with E-state index in [1.807, 2.05) is 26.0 Å². The number of amides is 2. The molecule has 2 rings (SSSR count). The summed E-state index contributed by atoms with van der Waals surface area (Å²) < 4.78 is 5.47. The predicted molar refractivity (Wildman–Crippen MR) is 107 cm³/mol. The van der Waals surface area contributed by atoms with Crippen molar-refractivity contribution in [2.75, 3.05) is 12.4 Å². The molecule has 0 saturated carbocycles. The van der Waals surface area contributed by atoms with Gasteiger partial charge in [-0.05, 0) is 59.1 Å². The van der Waals surface area contributed by atoms with E-state index >= 15 is 0 Å². The van der Waals surface area contributed by atoms with Gasteiger partial charge < -0.3 is 15.2 Å². The Hall–Kier alpha value is -2.87. The average Bonchev–Trinajstić information content (AvgIpc) is 2.60. The minimum Gasteiger partial charge on any atom is -0.503 e. The number of benzene rings is 2. The molecule has 0 atom stereocenters. The molecule has 0 fully saturated rings. The Morgan fingerprint density at radius 1 is 1.22 bits per heavy atom. The molecule has 0 heterocycles. The lowest BCUT2D eigenvalue weighted by Crippen LogP contribution is -2.24. The number of halogens is 1. The minimum atomic E-state index is -0.543. The van der Waals surface area contributed by atoms with E-state index in [4.69, 9.17) is 4.74 Å². The molecule has 0 aromatic heterocycles. The molecule has 3 N–H and O–H groups in total. The van der Waals surface area contributed by atoms with Crippen LogP contribution in [0.25, 0.3) is 0 Å². The van der Waals surface area contributed by atoms with Crippen LogP contribution in [0.1, 0.15) is 23.1 Å². The van der Waals surface area contributed by atoms with Gasteiger partial charge in [0.15, 0.2) is 11.5 Å². The van der Waals surface area contributed by atoms with Gasteiger partial charge in [-0.15, -0.1) is 0 Å². The van der Waals surface area contributed by atoms with Crippen molar-refractivity contribution in [2.45, 2.75) is 20.3 Å². The number of aromatic hydroxyl groups is 1.